The second kappa shape index (κ2) is 9.33. The van der Waals surface area contributed by atoms with E-state index < -0.39 is 4.92 Å². The number of carbonyl (C=O) groups excluding carboxylic acids is 1. The lowest BCUT2D eigenvalue weighted by molar-refractivity contribution is -0.384. The Kier molecular flexibility index (Phi) is 6.86. The number of nitro benzene ring substituents is 1. The van der Waals surface area contributed by atoms with Gasteiger partial charge in [0.2, 0.25) is 0 Å². The first-order chi connectivity index (χ1) is 12.5. The normalized spacial score (nSPS) is 9.88. The van der Waals surface area contributed by atoms with Crippen LogP contribution in [0.5, 0.6) is 5.75 Å². The van der Waals surface area contributed by atoms with Crippen LogP contribution in [0.25, 0.3) is 0 Å². The lowest BCUT2D eigenvalue weighted by atomic mass is 10.2. The highest BCUT2D eigenvalue weighted by molar-refractivity contribution is 7.80. The van der Waals surface area contributed by atoms with Crippen molar-refractivity contribution in [1.82, 2.24) is 10.7 Å². The second-order valence-corrected chi connectivity index (χ2v) is 5.62. The van der Waals surface area contributed by atoms with Crippen LogP contribution in [-0.4, -0.2) is 22.5 Å². The molecule has 0 bridgehead atoms. The highest BCUT2D eigenvalue weighted by Gasteiger charge is 2.09. The maximum atomic E-state index is 12.2. The third-order valence-electron chi connectivity index (χ3n) is 3.19. The number of nitrogens with zero attached hydrogens (tertiary/aromatic N) is 1. The summed E-state index contributed by atoms with van der Waals surface area (Å²) in [5.41, 5.74) is 6.35. The fourth-order valence-corrected chi connectivity index (χ4v) is 2.09. The van der Waals surface area contributed by atoms with Crippen molar-refractivity contribution in [2.24, 2.45) is 0 Å². The average Bonchev–Trinajstić information content (AvgIpc) is 2.65. The lowest BCUT2D eigenvalue weighted by Crippen LogP contribution is -2.41. The maximum Gasteiger partial charge on any atom is 0.269 e. The van der Waals surface area contributed by atoms with Gasteiger partial charge in [0.05, 0.1) is 17.2 Å². The van der Waals surface area contributed by atoms with Crippen molar-refractivity contribution in [3.63, 3.8) is 0 Å². The van der Waals surface area contributed by atoms with Gasteiger partial charge in [0.1, 0.15) is 5.75 Å². The third-order valence-corrected chi connectivity index (χ3v) is 3.40. The molecule has 0 aliphatic carbocycles. The molecule has 9 heteroatoms. The van der Waals surface area contributed by atoms with E-state index in [9.17, 15) is 14.9 Å². The Morgan fingerprint density at radius 2 is 1.96 bits per heavy atom. The summed E-state index contributed by atoms with van der Waals surface area (Å²) >= 11 is 5.05. The van der Waals surface area contributed by atoms with Gasteiger partial charge in [-0.15, -0.1) is 0 Å². The molecule has 0 spiro atoms. The number of hydrogen-bond donors (Lipinski definition) is 3. The summed E-state index contributed by atoms with van der Waals surface area (Å²) in [7, 11) is 0. The Morgan fingerprint density at radius 1 is 1.23 bits per heavy atom. The molecule has 3 N–H and O–H groups in total. The molecule has 0 radical (unpaired) electrons. The van der Waals surface area contributed by atoms with Crippen LogP contribution >= 0.6 is 12.2 Å². The topological polar surface area (TPSA) is 106 Å². The van der Waals surface area contributed by atoms with Gasteiger partial charge in [-0.3, -0.25) is 31.1 Å². The first kappa shape index (κ1) is 19.1. The number of carbonyl (C=O) groups is 1. The van der Waals surface area contributed by atoms with Gasteiger partial charge in [-0.1, -0.05) is 13.0 Å². The molecule has 2 rings (SSSR count). The third kappa shape index (κ3) is 5.71. The van der Waals surface area contributed by atoms with Gasteiger partial charge in [-0.05, 0) is 49.0 Å². The number of nitrogens with one attached hydrogen (secondary N) is 3. The van der Waals surface area contributed by atoms with Crippen molar-refractivity contribution in [1.29, 1.82) is 0 Å². The van der Waals surface area contributed by atoms with E-state index in [0.29, 0.717) is 23.6 Å². The minimum atomic E-state index is -0.486. The van der Waals surface area contributed by atoms with Gasteiger partial charge < -0.3 is 4.74 Å². The quantitative estimate of drug-likeness (QED) is 0.389. The Bertz CT molecular complexity index is 796. The van der Waals surface area contributed by atoms with Gasteiger partial charge in [0.15, 0.2) is 5.11 Å². The summed E-state index contributed by atoms with van der Waals surface area (Å²) in [6, 6.07) is 12.5. The number of anilines is 1. The van der Waals surface area contributed by atoms with Crippen LogP contribution in [0.2, 0.25) is 0 Å². The second-order valence-electron chi connectivity index (χ2n) is 5.21. The van der Waals surface area contributed by atoms with Gasteiger partial charge in [0, 0.05) is 17.7 Å². The van der Waals surface area contributed by atoms with Crippen molar-refractivity contribution < 1.29 is 14.5 Å². The zero-order valence-corrected chi connectivity index (χ0v) is 14.8. The van der Waals surface area contributed by atoms with Crippen molar-refractivity contribution in [2.45, 2.75) is 13.3 Å². The molecule has 136 valence electrons. The number of thiocarbonyl (C=S) groups is 1. The van der Waals surface area contributed by atoms with Crippen LogP contribution in [-0.2, 0) is 0 Å². The number of hydrogen-bond acceptors (Lipinski definition) is 6. The fraction of sp³-hybridized carbons (Fsp3) is 0.176. The van der Waals surface area contributed by atoms with E-state index in [1.807, 2.05) is 6.92 Å². The molecule has 0 fully saturated rings. The van der Waals surface area contributed by atoms with Crippen molar-refractivity contribution in [3.8, 4) is 5.75 Å². The van der Waals surface area contributed by atoms with Crippen molar-refractivity contribution in [3.05, 3.63) is 64.2 Å². The molecule has 0 aliphatic heterocycles. The molecule has 1 amide bonds. The smallest absolute Gasteiger partial charge is 0.269 e. The van der Waals surface area contributed by atoms with E-state index in [1.165, 1.54) is 24.3 Å². The predicted octanol–water partition coefficient (Wildman–Crippen LogP) is 3.02. The van der Waals surface area contributed by atoms with Gasteiger partial charge in [0.25, 0.3) is 11.6 Å². The lowest BCUT2D eigenvalue weighted by Gasteiger charge is -2.12. The number of amides is 1. The van der Waals surface area contributed by atoms with Crippen LogP contribution in [0.3, 0.4) is 0 Å². The molecule has 0 saturated heterocycles. The van der Waals surface area contributed by atoms with Crippen LogP contribution < -0.4 is 20.9 Å². The molecule has 0 unspecified atom stereocenters. The molecule has 26 heavy (non-hydrogen) atoms. The predicted molar refractivity (Wildman–Crippen MR) is 102 cm³/mol. The fourth-order valence-electron chi connectivity index (χ4n) is 1.95. The molecule has 0 aliphatic rings. The standard InChI is InChI=1S/C17H18N4O4S/c1-2-10-25-15-5-3-4-12(11-15)16(22)18-17(26)20-19-13-6-8-14(9-7-13)21(23)24/h3-9,11,19H,2,10H2,1H3,(H2,18,20,22,26). The minimum absolute atomic E-state index is 0.0170. The maximum absolute atomic E-state index is 12.2. The Balaban J connectivity index is 1.87. The molecular formula is C17H18N4O4S. The number of nitro groups is 1. The van der Waals surface area contributed by atoms with Crippen molar-refractivity contribution in [2.75, 3.05) is 12.0 Å². The Hall–Kier alpha value is -3.20. The summed E-state index contributed by atoms with van der Waals surface area (Å²) in [4.78, 5) is 22.3. The number of benzene rings is 2. The molecule has 8 nitrogen and oxygen atoms in total. The minimum Gasteiger partial charge on any atom is -0.494 e. The van der Waals surface area contributed by atoms with E-state index in [4.69, 9.17) is 17.0 Å². The first-order valence-corrected chi connectivity index (χ1v) is 8.25. The van der Waals surface area contributed by atoms with E-state index in [2.05, 4.69) is 16.2 Å². The summed E-state index contributed by atoms with van der Waals surface area (Å²) in [6.45, 7) is 2.57. The van der Waals surface area contributed by atoms with Crippen LogP contribution in [0, 0.1) is 10.1 Å². The molecular weight excluding hydrogens is 356 g/mol. The summed E-state index contributed by atoms with van der Waals surface area (Å²) in [5.74, 6) is 0.234. The largest absolute Gasteiger partial charge is 0.494 e. The van der Waals surface area contributed by atoms with Gasteiger partial charge >= 0.3 is 0 Å². The average molecular weight is 374 g/mol. The summed E-state index contributed by atoms with van der Waals surface area (Å²) < 4.78 is 5.49. The van der Waals surface area contributed by atoms with Crippen LogP contribution in [0.1, 0.15) is 23.7 Å². The van der Waals surface area contributed by atoms with Crippen LogP contribution in [0.4, 0.5) is 11.4 Å². The van der Waals surface area contributed by atoms with E-state index in [1.54, 1.807) is 24.3 Å². The number of ether oxygens (including phenoxy) is 1. The molecule has 0 heterocycles. The zero-order valence-electron chi connectivity index (χ0n) is 14.0. The molecule has 0 atom stereocenters. The Labute approximate surface area is 155 Å². The SMILES string of the molecule is CCCOc1cccc(C(=O)NC(=S)NNc2ccc([N+](=O)[O-])cc2)c1. The molecule has 0 saturated carbocycles. The van der Waals surface area contributed by atoms with Gasteiger partial charge in [-0.2, -0.15) is 0 Å². The molecule has 2 aromatic carbocycles. The highest BCUT2D eigenvalue weighted by Crippen LogP contribution is 2.15. The zero-order chi connectivity index (χ0) is 18.9. The number of non-ortho nitro benzene ring substituents is 1. The van der Waals surface area contributed by atoms with Crippen LogP contribution in [0.15, 0.2) is 48.5 Å². The monoisotopic (exact) mass is 374 g/mol. The Morgan fingerprint density at radius 3 is 2.62 bits per heavy atom. The highest BCUT2D eigenvalue weighted by atomic mass is 32.1. The number of rotatable bonds is 7. The van der Waals surface area contributed by atoms with E-state index >= 15 is 0 Å². The number of hydrazine groups is 1. The van der Waals surface area contributed by atoms with Gasteiger partial charge in [-0.25, -0.2) is 0 Å². The summed E-state index contributed by atoms with van der Waals surface area (Å²) in [5, 5.41) is 13.2. The van der Waals surface area contributed by atoms with Crippen molar-refractivity contribution >= 4 is 34.6 Å². The first-order valence-electron chi connectivity index (χ1n) is 7.84. The van der Waals surface area contributed by atoms with E-state index in [-0.39, 0.29) is 16.7 Å². The molecule has 0 aromatic heterocycles. The molecule has 2 aromatic rings. The van der Waals surface area contributed by atoms with E-state index in [0.717, 1.165) is 6.42 Å². The summed E-state index contributed by atoms with van der Waals surface area (Å²) in [6.07, 6.45) is 0.874.